The molecule has 1 aliphatic carbocycles. The molecule has 0 heterocycles. The van der Waals surface area contributed by atoms with Crippen LogP contribution < -0.4 is 0 Å². The van der Waals surface area contributed by atoms with Gasteiger partial charge in [0.2, 0.25) is 5.92 Å². The summed E-state index contributed by atoms with van der Waals surface area (Å²) in [5.41, 5.74) is -1.93. The number of Topliss-reactive ketones (excluding diaryl/α,β-unsaturated/α-hetero) is 1. The molecule has 1 fully saturated rings. The van der Waals surface area contributed by atoms with Crippen molar-refractivity contribution in [3.8, 4) is 0 Å². The molecule has 0 radical (unpaired) electrons. The fourth-order valence-electron chi connectivity index (χ4n) is 3.09. The molecule has 5 nitrogen and oxygen atoms in total. The molecule has 0 bridgehead atoms. The second-order valence-electron chi connectivity index (χ2n) is 5.87. The fourth-order valence-corrected chi connectivity index (χ4v) is 3.35. The van der Waals surface area contributed by atoms with E-state index in [1.165, 1.54) is 12.1 Å². The predicted molar refractivity (Wildman–Crippen MR) is 83.8 cm³/mol. The predicted octanol–water partition coefficient (Wildman–Crippen LogP) is 3.10. The van der Waals surface area contributed by atoms with E-state index < -0.39 is 48.1 Å². The number of benzene rings is 1. The monoisotopic (exact) mass is 406 g/mol. The molecule has 2 unspecified atom stereocenters. The van der Waals surface area contributed by atoms with Gasteiger partial charge in [-0.3, -0.25) is 9.59 Å². The Morgan fingerprint density at radius 3 is 2.25 bits per heavy atom. The molecule has 0 spiro atoms. The van der Waals surface area contributed by atoms with E-state index >= 15 is 0 Å². The summed E-state index contributed by atoms with van der Waals surface area (Å²) < 4.78 is 32.5. The Balaban J connectivity index is 2.42. The molecule has 0 aliphatic heterocycles. The third-order valence-electron chi connectivity index (χ3n) is 4.20. The highest BCUT2D eigenvalue weighted by Crippen LogP contribution is 2.57. The Kier molecular flexibility index (Phi) is 5.41. The Morgan fingerprint density at radius 1 is 1.29 bits per heavy atom. The zero-order valence-electron chi connectivity index (χ0n) is 12.8. The molecule has 2 rings (SSSR count). The van der Waals surface area contributed by atoms with Crippen molar-refractivity contribution in [3.63, 3.8) is 0 Å². The van der Waals surface area contributed by atoms with Crippen LogP contribution in [0.3, 0.4) is 0 Å². The summed E-state index contributed by atoms with van der Waals surface area (Å²) in [7, 11) is 0. The molecule has 0 aromatic heterocycles. The first kappa shape index (κ1) is 19.0. The van der Waals surface area contributed by atoms with Gasteiger partial charge in [-0.25, -0.2) is 8.78 Å². The Labute approximate surface area is 145 Å². The summed E-state index contributed by atoms with van der Waals surface area (Å²) in [5.74, 6) is -7.07. The van der Waals surface area contributed by atoms with Gasteiger partial charge in [0.25, 0.3) is 0 Å². The average molecular weight is 407 g/mol. The van der Waals surface area contributed by atoms with E-state index in [9.17, 15) is 28.6 Å². The van der Waals surface area contributed by atoms with Crippen molar-refractivity contribution in [2.45, 2.75) is 32.0 Å². The summed E-state index contributed by atoms with van der Waals surface area (Å²) in [6.45, 7) is 1.56. The number of rotatable bonds is 7. The van der Waals surface area contributed by atoms with E-state index in [2.05, 4.69) is 15.9 Å². The van der Waals surface area contributed by atoms with Gasteiger partial charge in [0.05, 0.1) is 11.3 Å². The lowest BCUT2D eigenvalue weighted by Gasteiger charge is -2.48. The number of aliphatic hydroxyl groups excluding tert-OH is 1. The number of ketones is 1. The zero-order chi connectivity index (χ0) is 18.1. The van der Waals surface area contributed by atoms with Crippen molar-refractivity contribution >= 4 is 27.7 Å². The van der Waals surface area contributed by atoms with Crippen LogP contribution in [-0.4, -0.2) is 40.8 Å². The second-order valence-corrected chi connectivity index (χ2v) is 6.78. The van der Waals surface area contributed by atoms with Crippen molar-refractivity contribution in [1.82, 2.24) is 0 Å². The molecule has 1 saturated carbocycles. The lowest BCUT2D eigenvalue weighted by atomic mass is 9.57. The van der Waals surface area contributed by atoms with Gasteiger partial charge in [-0.05, 0) is 19.1 Å². The van der Waals surface area contributed by atoms with Crippen molar-refractivity contribution in [1.29, 1.82) is 0 Å². The van der Waals surface area contributed by atoms with Gasteiger partial charge in [-0.1, -0.05) is 28.1 Å². The molecular weight excluding hydrogens is 390 g/mol. The van der Waals surface area contributed by atoms with Crippen LogP contribution >= 0.6 is 15.9 Å². The molecule has 1 aromatic rings. The minimum atomic E-state index is -3.18. The molecule has 8 heteroatoms. The summed E-state index contributed by atoms with van der Waals surface area (Å²) in [5, 5.41) is 19.6. The van der Waals surface area contributed by atoms with Crippen LogP contribution in [0.2, 0.25) is 0 Å². The lowest BCUT2D eigenvalue weighted by molar-refractivity contribution is -0.231. The molecular formula is C16H17BrF2O5. The summed E-state index contributed by atoms with van der Waals surface area (Å²) >= 11 is 3.21. The first-order valence-electron chi connectivity index (χ1n) is 7.33. The number of hydrogen-bond donors (Lipinski definition) is 2. The molecule has 24 heavy (non-hydrogen) atoms. The topological polar surface area (TPSA) is 83.8 Å². The summed E-state index contributed by atoms with van der Waals surface area (Å²) in [6.07, 6.45) is -3.79. The van der Waals surface area contributed by atoms with Gasteiger partial charge in [0.15, 0.2) is 12.1 Å². The third kappa shape index (κ3) is 3.50. The number of aliphatic carboxylic acids is 1. The van der Waals surface area contributed by atoms with Crippen LogP contribution in [0.5, 0.6) is 0 Å². The maximum atomic E-state index is 13.4. The number of carbonyl (C=O) groups is 2. The molecule has 2 N–H and O–H groups in total. The van der Waals surface area contributed by atoms with Crippen LogP contribution in [0.4, 0.5) is 8.78 Å². The molecule has 0 amide bonds. The quantitative estimate of drug-likeness (QED) is 0.536. The van der Waals surface area contributed by atoms with E-state index in [-0.39, 0.29) is 12.2 Å². The van der Waals surface area contributed by atoms with Crippen LogP contribution in [0.25, 0.3) is 0 Å². The normalized spacial score (nSPS) is 20.7. The Morgan fingerprint density at radius 2 is 1.83 bits per heavy atom. The van der Waals surface area contributed by atoms with Gasteiger partial charge in [-0.2, -0.15) is 0 Å². The van der Waals surface area contributed by atoms with E-state index in [4.69, 9.17) is 4.74 Å². The molecule has 1 aliphatic rings. The number of carboxylic acids is 1. The number of alkyl halides is 2. The highest BCUT2D eigenvalue weighted by molar-refractivity contribution is 9.10. The van der Waals surface area contributed by atoms with E-state index in [1.54, 1.807) is 19.1 Å². The van der Waals surface area contributed by atoms with Gasteiger partial charge in [-0.15, -0.1) is 0 Å². The van der Waals surface area contributed by atoms with Crippen molar-refractivity contribution in [2.75, 3.05) is 6.61 Å². The van der Waals surface area contributed by atoms with Gasteiger partial charge in [0, 0.05) is 29.5 Å². The first-order chi connectivity index (χ1) is 11.1. The fraction of sp³-hybridized carbons (Fsp3) is 0.500. The third-order valence-corrected chi connectivity index (χ3v) is 4.73. The SMILES string of the molecule is CCOC(O)C(C(=O)c1ccc(Br)cc1)C1(C(=O)O)CC(F)(F)C1. The highest BCUT2D eigenvalue weighted by Gasteiger charge is 2.67. The number of halogens is 3. The minimum absolute atomic E-state index is 0.0113. The maximum Gasteiger partial charge on any atom is 0.311 e. The van der Waals surface area contributed by atoms with Crippen molar-refractivity contribution < 1.29 is 33.3 Å². The van der Waals surface area contributed by atoms with Crippen LogP contribution in [-0.2, 0) is 9.53 Å². The molecule has 132 valence electrons. The number of carboxylic acid groups (broad SMARTS) is 1. The van der Waals surface area contributed by atoms with Crippen LogP contribution in [0.1, 0.15) is 30.1 Å². The van der Waals surface area contributed by atoms with E-state index in [0.29, 0.717) is 4.47 Å². The number of hydrogen-bond acceptors (Lipinski definition) is 4. The molecule has 2 atom stereocenters. The largest absolute Gasteiger partial charge is 0.481 e. The maximum absolute atomic E-state index is 13.4. The van der Waals surface area contributed by atoms with Gasteiger partial charge >= 0.3 is 5.97 Å². The number of carbonyl (C=O) groups excluding carboxylic acids is 1. The highest BCUT2D eigenvalue weighted by atomic mass is 79.9. The average Bonchev–Trinajstić information content (AvgIpc) is 2.45. The minimum Gasteiger partial charge on any atom is -0.481 e. The van der Waals surface area contributed by atoms with Crippen LogP contribution in [0, 0.1) is 11.3 Å². The van der Waals surface area contributed by atoms with Crippen molar-refractivity contribution in [3.05, 3.63) is 34.3 Å². The molecule has 0 saturated heterocycles. The van der Waals surface area contributed by atoms with Gasteiger partial charge in [0.1, 0.15) is 0 Å². The zero-order valence-corrected chi connectivity index (χ0v) is 14.4. The second kappa shape index (κ2) is 6.85. The van der Waals surface area contributed by atoms with E-state index in [0.717, 1.165) is 0 Å². The van der Waals surface area contributed by atoms with Crippen LogP contribution in [0.15, 0.2) is 28.7 Å². The van der Waals surface area contributed by atoms with Gasteiger partial charge < -0.3 is 14.9 Å². The number of ether oxygens (including phenoxy) is 1. The standard InChI is InChI=1S/C16H17BrF2O5/c1-2-24-13(21)11(12(20)9-3-5-10(17)6-4-9)15(14(22)23)7-16(18,19)8-15/h3-6,11,13,21H,2,7-8H2,1H3,(H,22,23). The smallest absolute Gasteiger partial charge is 0.311 e. The summed E-state index contributed by atoms with van der Waals surface area (Å²) in [6, 6.07) is 6.01. The van der Waals surface area contributed by atoms with E-state index in [1.807, 2.05) is 0 Å². The first-order valence-corrected chi connectivity index (χ1v) is 8.13. The Bertz CT molecular complexity index is 624. The van der Waals surface area contributed by atoms with Crippen molar-refractivity contribution in [2.24, 2.45) is 11.3 Å². The number of aliphatic hydroxyl groups is 1. The lowest BCUT2D eigenvalue weighted by Crippen LogP contribution is -2.60. The summed E-state index contributed by atoms with van der Waals surface area (Å²) in [4.78, 5) is 24.4. The molecule has 1 aromatic carbocycles. The Hall–Kier alpha value is -1.38.